The summed E-state index contributed by atoms with van der Waals surface area (Å²) in [6.45, 7) is 8.21. The zero-order chi connectivity index (χ0) is 12.4. The van der Waals surface area contributed by atoms with E-state index in [1.807, 2.05) is 13.8 Å². The number of Topliss-reactive ketones (excluding diaryl/α,β-unsaturated/α-hetero) is 1. The number of ketones is 1. The highest BCUT2D eigenvalue weighted by atomic mass is 16.2. The van der Waals surface area contributed by atoms with Gasteiger partial charge in [-0.25, -0.2) is 0 Å². The van der Waals surface area contributed by atoms with E-state index in [9.17, 15) is 9.59 Å². The summed E-state index contributed by atoms with van der Waals surface area (Å²) in [5.74, 6) is 0.144. The Balaban J connectivity index is 3.41. The first-order valence-electron chi connectivity index (χ1n) is 6.08. The van der Waals surface area contributed by atoms with Crippen molar-refractivity contribution < 1.29 is 9.59 Å². The molecule has 1 amide bonds. The molecule has 0 aliphatic carbocycles. The van der Waals surface area contributed by atoms with Crippen molar-refractivity contribution in [1.29, 1.82) is 0 Å². The Kier molecular flexibility index (Phi) is 8.81. The van der Waals surface area contributed by atoms with Crippen LogP contribution in [0, 0.1) is 5.92 Å². The lowest BCUT2D eigenvalue weighted by Gasteiger charge is -2.06. The summed E-state index contributed by atoms with van der Waals surface area (Å²) in [6, 6.07) is 0. The van der Waals surface area contributed by atoms with Crippen LogP contribution in [-0.4, -0.2) is 31.3 Å². The summed E-state index contributed by atoms with van der Waals surface area (Å²) in [6.07, 6.45) is 1.76. The molecule has 0 rings (SSSR count). The van der Waals surface area contributed by atoms with Crippen molar-refractivity contribution in [2.24, 2.45) is 5.92 Å². The minimum Gasteiger partial charge on any atom is -0.355 e. The Morgan fingerprint density at radius 2 is 1.75 bits per heavy atom. The normalized spacial score (nSPS) is 10.5. The van der Waals surface area contributed by atoms with Crippen molar-refractivity contribution in [2.45, 2.75) is 40.0 Å². The van der Waals surface area contributed by atoms with E-state index < -0.39 is 0 Å². The van der Waals surface area contributed by atoms with Gasteiger partial charge < -0.3 is 10.6 Å². The van der Waals surface area contributed by atoms with E-state index in [2.05, 4.69) is 17.6 Å². The zero-order valence-electron chi connectivity index (χ0n) is 10.6. The minimum absolute atomic E-state index is 0.0269. The SMILES string of the molecule is CCCNCCNC(=O)CCC(=O)C(C)C. The summed E-state index contributed by atoms with van der Waals surface area (Å²) >= 11 is 0. The maximum atomic E-state index is 11.3. The second kappa shape index (κ2) is 9.33. The molecule has 0 aromatic carbocycles. The Morgan fingerprint density at radius 1 is 1.06 bits per heavy atom. The molecule has 0 aromatic rings. The third kappa shape index (κ3) is 8.41. The summed E-state index contributed by atoms with van der Waals surface area (Å²) in [5, 5.41) is 5.97. The van der Waals surface area contributed by atoms with Crippen LogP contribution in [0.4, 0.5) is 0 Å². The van der Waals surface area contributed by atoms with Gasteiger partial charge in [-0.2, -0.15) is 0 Å². The topological polar surface area (TPSA) is 58.2 Å². The maximum Gasteiger partial charge on any atom is 0.220 e. The summed E-state index contributed by atoms with van der Waals surface area (Å²) in [7, 11) is 0. The van der Waals surface area contributed by atoms with Gasteiger partial charge in [0.25, 0.3) is 0 Å². The summed E-state index contributed by atoms with van der Waals surface area (Å²) in [4.78, 5) is 22.6. The Morgan fingerprint density at radius 3 is 2.31 bits per heavy atom. The van der Waals surface area contributed by atoms with Crippen LogP contribution in [0.2, 0.25) is 0 Å². The third-order valence-corrected chi connectivity index (χ3v) is 2.29. The van der Waals surface area contributed by atoms with E-state index in [1.165, 1.54) is 0 Å². The fourth-order valence-electron chi connectivity index (χ4n) is 1.21. The van der Waals surface area contributed by atoms with Gasteiger partial charge in [0.2, 0.25) is 5.91 Å². The number of rotatable bonds is 9. The van der Waals surface area contributed by atoms with Gasteiger partial charge in [-0.05, 0) is 13.0 Å². The second-order valence-corrected chi connectivity index (χ2v) is 4.22. The molecule has 0 spiro atoms. The maximum absolute atomic E-state index is 11.3. The molecule has 0 aliphatic heterocycles. The summed E-state index contributed by atoms with van der Waals surface area (Å²) < 4.78 is 0. The van der Waals surface area contributed by atoms with Gasteiger partial charge in [-0.1, -0.05) is 20.8 Å². The Bertz CT molecular complexity index is 215. The van der Waals surface area contributed by atoms with Gasteiger partial charge in [0.05, 0.1) is 0 Å². The first-order chi connectivity index (χ1) is 7.57. The largest absolute Gasteiger partial charge is 0.355 e. The van der Waals surface area contributed by atoms with E-state index in [-0.39, 0.29) is 17.6 Å². The monoisotopic (exact) mass is 228 g/mol. The highest BCUT2D eigenvalue weighted by Crippen LogP contribution is 2.01. The molecule has 94 valence electrons. The molecule has 0 atom stereocenters. The number of hydrogen-bond acceptors (Lipinski definition) is 3. The molecular weight excluding hydrogens is 204 g/mol. The van der Waals surface area contributed by atoms with Crippen LogP contribution < -0.4 is 10.6 Å². The van der Waals surface area contributed by atoms with E-state index in [0.717, 1.165) is 19.5 Å². The van der Waals surface area contributed by atoms with Gasteiger partial charge in [0, 0.05) is 31.8 Å². The van der Waals surface area contributed by atoms with Crippen LogP contribution in [0.15, 0.2) is 0 Å². The van der Waals surface area contributed by atoms with Crippen LogP contribution in [0.25, 0.3) is 0 Å². The number of nitrogens with one attached hydrogen (secondary N) is 2. The Labute approximate surface area is 98.2 Å². The molecular formula is C12H24N2O2. The molecule has 0 radical (unpaired) electrons. The number of amides is 1. The Hall–Kier alpha value is -0.900. The predicted octanol–water partition coefficient (Wildman–Crippen LogP) is 1.11. The second-order valence-electron chi connectivity index (χ2n) is 4.22. The van der Waals surface area contributed by atoms with Crippen LogP contribution in [0.1, 0.15) is 40.0 Å². The molecule has 0 aliphatic rings. The smallest absolute Gasteiger partial charge is 0.220 e. The molecule has 0 fully saturated rings. The van der Waals surface area contributed by atoms with Crippen molar-refractivity contribution in [3.05, 3.63) is 0 Å². The van der Waals surface area contributed by atoms with Gasteiger partial charge in [-0.15, -0.1) is 0 Å². The quantitative estimate of drug-likeness (QED) is 0.581. The van der Waals surface area contributed by atoms with Crippen LogP contribution >= 0.6 is 0 Å². The average Bonchev–Trinajstić information content (AvgIpc) is 2.25. The van der Waals surface area contributed by atoms with E-state index in [0.29, 0.717) is 19.4 Å². The molecule has 4 heteroatoms. The standard InChI is InChI=1S/C12H24N2O2/c1-4-7-13-8-9-14-12(16)6-5-11(15)10(2)3/h10,13H,4-9H2,1-3H3,(H,14,16). The van der Waals surface area contributed by atoms with E-state index in [1.54, 1.807) is 0 Å². The van der Waals surface area contributed by atoms with Crippen LogP contribution in [-0.2, 0) is 9.59 Å². The molecule has 16 heavy (non-hydrogen) atoms. The van der Waals surface area contributed by atoms with Crippen molar-refractivity contribution in [3.8, 4) is 0 Å². The summed E-state index contributed by atoms with van der Waals surface area (Å²) in [5.41, 5.74) is 0. The molecule has 0 bridgehead atoms. The number of hydrogen-bond donors (Lipinski definition) is 2. The highest BCUT2D eigenvalue weighted by molar-refractivity contribution is 5.85. The van der Waals surface area contributed by atoms with Crippen molar-refractivity contribution in [2.75, 3.05) is 19.6 Å². The van der Waals surface area contributed by atoms with Crippen molar-refractivity contribution in [1.82, 2.24) is 10.6 Å². The molecule has 0 aromatic heterocycles. The molecule has 4 nitrogen and oxygen atoms in total. The van der Waals surface area contributed by atoms with Crippen molar-refractivity contribution in [3.63, 3.8) is 0 Å². The lowest BCUT2D eigenvalue weighted by Crippen LogP contribution is -2.32. The molecule has 0 saturated heterocycles. The fourth-order valence-corrected chi connectivity index (χ4v) is 1.21. The van der Waals surface area contributed by atoms with Crippen LogP contribution in [0.3, 0.4) is 0 Å². The molecule has 2 N–H and O–H groups in total. The average molecular weight is 228 g/mol. The highest BCUT2D eigenvalue weighted by Gasteiger charge is 2.09. The van der Waals surface area contributed by atoms with E-state index in [4.69, 9.17) is 0 Å². The van der Waals surface area contributed by atoms with Gasteiger partial charge in [0.1, 0.15) is 5.78 Å². The fraction of sp³-hybridized carbons (Fsp3) is 0.833. The minimum atomic E-state index is -0.0349. The van der Waals surface area contributed by atoms with E-state index >= 15 is 0 Å². The predicted molar refractivity (Wildman–Crippen MR) is 65.2 cm³/mol. The van der Waals surface area contributed by atoms with Crippen molar-refractivity contribution >= 4 is 11.7 Å². The van der Waals surface area contributed by atoms with Gasteiger partial charge in [-0.3, -0.25) is 9.59 Å². The molecule has 0 saturated carbocycles. The molecule has 0 unspecified atom stereocenters. The lowest BCUT2D eigenvalue weighted by atomic mass is 10.0. The van der Waals surface area contributed by atoms with Gasteiger partial charge in [0.15, 0.2) is 0 Å². The third-order valence-electron chi connectivity index (χ3n) is 2.29. The first kappa shape index (κ1) is 15.1. The molecule has 0 heterocycles. The van der Waals surface area contributed by atoms with Gasteiger partial charge >= 0.3 is 0 Å². The lowest BCUT2D eigenvalue weighted by molar-refractivity contribution is -0.126. The number of carbonyl (C=O) groups excluding carboxylic acids is 2. The zero-order valence-corrected chi connectivity index (χ0v) is 10.6. The first-order valence-corrected chi connectivity index (χ1v) is 6.08. The number of carbonyl (C=O) groups is 2. The van der Waals surface area contributed by atoms with Crippen LogP contribution in [0.5, 0.6) is 0 Å².